The Morgan fingerprint density at radius 3 is 2.68 bits per heavy atom. The van der Waals surface area contributed by atoms with Gasteiger partial charge in [-0.15, -0.1) is 22.7 Å². The van der Waals surface area contributed by atoms with Crippen LogP contribution in [0, 0.1) is 12.7 Å². The normalized spacial score (nSPS) is 13.0. The van der Waals surface area contributed by atoms with Crippen molar-refractivity contribution in [2.75, 3.05) is 7.05 Å². The first-order chi connectivity index (χ1) is 9.19. The molecule has 3 aromatic rings. The van der Waals surface area contributed by atoms with E-state index >= 15 is 0 Å². The third kappa shape index (κ3) is 2.31. The highest BCUT2D eigenvalue weighted by Crippen LogP contribution is 2.36. The summed E-state index contributed by atoms with van der Waals surface area (Å²) < 4.78 is 15.9. The summed E-state index contributed by atoms with van der Waals surface area (Å²) in [6.07, 6.45) is 0. The fourth-order valence-electron chi connectivity index (χ4n) is 2.34. The van der Waals surface area contributed by atoms with Crippen molar-refractivity contribution in [3.63, 3.8) is 0 Å². The van der Waals surface area contributed by atoms with E-state index < -0.39 is 0 Å². The monoisotopic (exact) mass is 291 g/mol. The van der Waals surface area contributed by atoms with Crippen LogP contribution in [0.5, 0.6) is 0 Å². The van der Waals surface area contributed by atoms with Gasteiger partial charge in [0.25, 0.3) is 0 Å². The summed E-state index contributed by atoms with van der Waals surface area (Å²) in [6.45, 7) is 1.96. The van der Waals surface area contributed by atoms with E-state index in [0.29, 0.717) is 0 Å². The number of hydrogen-bond acceptors (Lipinski definition) is 3. The zero-order valence-electron chi connectivity index (χ0n) is 10.7. The molecule has 0 amide bonds. The standard InChI is InChI=1S/C15H14FNS2/c1-9-7-10(16)3-4-11(9)15(17-2)14-8-13-12(19-14)5-6-18-13/h3-8,15,17H,1-2H3. The Morgan fingerprint density at radius 2 is 2.00 bits per heavy atom. The summed E-state index contributed by atoms with van der Waals surface area (Å²) in [7, 11) is 1.95. The molecule has 0 radical (unpaired) electrons. The molecule has 4 heteroatoms. The van der Waals surface area contributed by atoms with E-state index in [9.17, 15) is 4.39 Å². The van der Waals surface area contributed by atoms with Crippen LogP contribution in [0.15, 0.2) is 35.7 Å². The maximum Gasteiger partial charge on any atom is 0.123 e. The van der Waals surface area contributed by atoms with E-state index in [1.54, 1.807) is 28.7 Å². The first-order valence-corrected chi connectivity index (χ1v) is 7.79. The van der Waals surface area contributed by atoms with Crippen LogP contribution in [-0.2, 0) is 0 Å². The maximum absolute atomic E-state index is 13.2. The molecular weight excluding hydrogens is 277 g/mol. The van der Waals surface area contributed by atoms with Gasteiger partial charge in [-0.1, -0.05) is 6.07 Å². The summed E-state index contributed by atoms with van der Waals surface area (Å²) in [5.74, 6) is -0.178. The van der Waals surface area contributed by atoms with Gasteiger partial charge in [0.05, 0.1) is 6.04 Å². The van der Waals surface area contributed by atoms with Gasteiger partial charge in [-0.3, -0.25) is 0 Å². The Labute approximate surface area is 119 Å². The van der Waals surface area contributed by atoms with Gasteiger partial charge in [-0.2, -0.15) is 0 Å². The van der Waals surface area contributed by atoms with Gasteiger partial charge in [0.15, 0.2) is 0 Å². The molecule has 3 rings (SSSR count). The summed E-state index contributed by atoms with van der Waals surface area (Å²) >= 11 is 3.56. The molecule has 0 aliphatic heterocycles. The molecule has 19 heavy (non-hydrogen) atoms. The smallest absolute Gasteiger partial charge is 0.123 e. The Morgan fingerprint density at radius 1 is 1.16 bits per heavy atom. The molecule has 0 fully saturated rings. The van der Waals surface area contributed by atoms with Crippen molar-refractivity contribution >= 4 is 32.1 Å². The lowest BCUT2D eigenvalue weighted by Gasteiger charge is -2.17. The van der Waals surface area contributed by atoms with Crippen molar-refractivity contribution in [2.45, 2.75) is 13.0 Å². The van der Waals surface area contributed by atoms with Crippen molar-refractivity contribution in [1.82, 2.24) is 5.32 Å². The van der Waals surface area contributed by atoms with Crippen LogP contribution in [0.25, 0.3) is 9.40 Å². The lowest BCUT2D eigenvalue weighted by Crippen LogP contribution is -2.17. The van der Waals surface area contributed by atoms with Gasteiger partial charge < -0.3 is 5.32 Å². The highest BCUT2D eigenvalue weighted by atomic mass is 32.1. The summed E-state index contributed by atoms with van der Waals surface area (Å²) in [6, 6.07) is 9.51. The molecule has 1 unspecified atom stereocenters. The Bertz CT molecular complexity index is 685. The van der Waals surface area contributed by atoms with Gasteiger partial charge in [-0.05, 0) is 54.7 Å². The van der Waals surface area contributed by atoms with E-state index in [1.807, 2.05) is 20.0 Å². The average Bonchev–Trinajstić information content (AvgIpc) is 2.93. The zero-order valence-corrected chi connectivity index (χ0v) is 12.4. The van der Waals surface area contributed by atoms with Crippen LogP contribution < -0.4 is 5.32 Å². The second-order valence-electron chi connectivity index (χ2n) is 4.52. The molecule has 2 heterocycles. The Balaban J connectivity index is 2.06. The number of nitrogens with one attached hydrogen (secondary N) is 1. The first-order valence-electron chi connectivity index (χ1n) is 6.09. The summed E-state index contributed by atoms with van der Waals surface area (Å²) in [5, 5.41) is 5.45. The van der Waals surface area contributed by atoms with Gasteiger partial charge in [0, 0.05) is 14.3 Å². The third-order valence-electron chi connectivity index (χ3n) is 3.27. The van der Waals surface area contributed by atoms with E-state index in [-0.39, 0.29) is 11.9 Å². The lowest BCUT2D eigenvalue weighted by atomic mass is 10.00. The highest BCUT2D eigenvalue weighted by molar-refractivity contribution is 7.27. The van der Waals surface area contributed by atoms with E-state index in [0.717, 1.165) is 11.1 Å². The number of thiophene rings is 2. The number of benzene rings is 1. The van der Waals surface area contributed by atoms with E-state index in [2.05, 4.69) is 22.8 Å². The van der Waals surface area contributed by atoms with Crippen LogP contribution in [0.2, 0.25) is 0 Å². The average molecular weight is 291 g/mol. The molecule has 0 aliphatic carbocycles. The van der Waals surface area contributed by atoms with Crippen molar-refractivity contribution in [3.05, 3.63) is 57.5 Å². The molecular formula is C15H14FNS2. The predicted octanol–water partition coefficient (Wildman–Crippen LogP) is 4.72. The number of fused-ring (bicyclic) bond motifs is 1. The Hall–Kier alpha value is -1.23. The van der Waals surface area contributed by atoms with Crippen LogP contribution in [0.3, 0.4) is 0 Å². The first kappa shape index (κ1) is 12.8. The topological polar surface area (TPSA) is 12.0 Å². The largest absolute Gasteiger partial charge is 0.309 e. The fourth-order valence-corrected chi connectivity index (χ4v) is 4.59. The second-order valence-corrected chi connectivity index (χ2v) is 6.58. The third-order valence-corrected chi connectivity index (χ3v) is 5.43. The molecule has 0 spiro atoms. The number of hydrogen-bond donors (Lipinski definition) is 1. The summed E-state index contributed by atoms with van der Waals surface area (Å²) in [4.78, 5) is 1.28. The number of aryl methyl sites for hydroxylation is 1. The SMILES string of the molecule is CNC(c1cc2sccc2s1)c1ccc(F)cc1C. The van der Waals surface area contributed by atoms with Crippen molar-refractivity contribution in [1.29, 1.82) is 0 Å². The van der Waals surface area contributed by atoms with E-state index in [4.69, 9.17) is 0 Å². The van der Waals surface area contributed by atoms with Gasteiger partial charge in [0.1, 0.15) is 5.82 Å². The van der Waals surface area contributed by atoms with Gasteiger partial charge in [0.2, 0.25) is 0 Å². The minimum absolute atomic E-state index is 0.130. The van der Waals surface area contributed by atoms with Gasteiger partial charge >= 0.3 is 0 Å². The van der Waals surface area contributed by atoms with Crippen molar-refractivity contribution in [3.8, 4) is 0 Å². The molecule has 1 atom stereocenters. The quantitative estimate of drug-likeness (QED) is 0.736. The van der Waals surface area contributed by atoms with Crippen molar-refractivity contribution < 1.29 is 4.39 Å². The molecule has 1 N–H and O–H groups in total. The minimum Gasteiger partial charge on any atom is -0.309 e. The predicted molar refractivity (Wildman–Crippen MR) is 81.7 cm³/mol. The summed E-state index contributed by atoms with van der Waals surface area (Å²) in [5.41, 5.74) is 2.12. The molecule has 2 aromatic heterocycles. The minimum atomic E-state index is -0.178. The molecule has 0 aliphatic rings. The van der Waals surface area contributed by atoms with Crippen LogP contribution >= 0.6 is 22.7 Å². The number of halogens is 1. The zero-order chi connectivity index (χ0) is 13.4. The van der Waals surface area contributed by atoms with Crippen molar-refractivity contribution in [2.24, 2.45) is 0 Å². The highest BCUT2D eigenvalue weighted by Gasteiger charge is 2.17. The van der Waals surface area contributed by atoms with Crippen LogP contribution in [0.1, 0.15) is 22.0 Å². The molecule has 0 saturated heterocycles. The molecule has 0 bridgehead atoms. The Kier molecular flexibility index (Phi) is 3.39. The maximum atomic E-state index is 13.2. The second kappa shape index (κ2) is 5.04. The van der Waals surface area contributed by atoms with E-state index in [1.165, 1.54) is 20.3 Å². The van der Waals surface area contributed by atoms with Gasteiger partial charge in [-0.25, -0.2) is 4.39 Å². The lowest BCUT2D eigenvalue weighted by molar-refractivity contribution is 0.622. The molecule has 1 nitrogen and oxygen atoms in total. The molecule has 98 valence electrons. The molecule has 1 aromatic carbocycles. The number of rotatable bonds is 3. The fraction of sp³-hybridized carbons (Fsp3) is 0.200. The molecule has 0 saturated carbocycles. The van der Waals surface area contributed by atoms with Crippen LogP contribution in [-0.4, -0.2) is 7.05 Å². The van der Waals surface area contributed by atoms with Crippen LogP contribution in [0.4, 0.5) is 4.39 Å².